The molecule has 2 aliphatic heterocycles. The van der Waals surface area contributed by atoms with Crippen molar-refractivity contribution in [2.75, 3.05) is 18.6 Å². The second-order valence-corrected chi connectivity index (χ2v) is 7.78. The van der Waals surface area contributed by atoms with Crippen molar-refractivity contribution in [3.8, 4) is 0 Å². The van der Waals surface area contributed by atoms with Gasteiger partial charge in [0.2, 0.25) is 0 Å². The van der Waals surface area contributed by atoms with E-state index in [9.17, 15) is 18.0 Å². The largest absolute Gasteiger partial charge is 0.327 e. The van der Waals surface area contributed by atoms with E-state index in [1.165, 1.54) is 4.90 Å². The predicted molar refractivity (Wildman–Crippen MR) is 76.3 cm³/mol. The van der Waals surface area contributed by atoms with Gasteiger partial charge >= 0.3 is 6.03 Å². The fraction of sp³-hybridized carbons (Fsp3) is 0.429. The molecule has 112 valence electrons. The van der Waals surface area contributed by atoms with Crippen LogP contribution in [0.25, 0.3) is 0 Å². The van der Waals surface area contributed by atoms with E-state index in [1.54, 1.807) is 0 Å². The fourth-order valence-electron chi connectivity index (χ4n) is 2.84. The molecule has 1 fully saturated rings. The van der Waals surface area contributed by atoms with Crippen molar-refractivity contribution in [2.45, 2.75) is 19.0 Å². The van der Waals surface area contributed by atoms with Gasteiger partial charge in [-0.15, -0.1) is 0 Å². The average Bonchev–Trinajstić information content (AvgIpc) is 2.66. The molecule has 0 unspecified atom stereocenters. The fourth-order valence-corrected chi connectivity index (χ4v) is 3.35. The molecule has 0 spiro atoms. The summed E-state index contributed by atoms with van der Waals surface area (Å²) in [6.07, 6.45) is 1.59. The minimum Gasteiger partial charge on any atom is -0.308 e. The molecule has 2 heterocycles. The number of imide groups is 1. The monoisotopic (exact) mass is 308 g/mol. The summed E-state index contributed by atoms with van der Waals surface area (Å²) in [5, 5.41) is 0. The topological polar surface area (TPSA) is 74.8 Å². The van der Waals surface area contributed by atoms with Gasteiger partial charge in [-0.1, -0.05) is 24.3 Å². The predicted octanol–water partition coefficient (Wildman–Crippen LogP) is 0.420. The first-order valence-corrected chi connectivity index (χ1v) is 8.79. The van der Waals surface area contributed by atoms with E-state index in [-0.39, 0.29) is 24.2 Å². The van der Waals surface area contributed by atoms with Crippen molar-refractivity contribution in [1.29, 1.82) is 0 Å². The standard InChI is InChI=1S/C14H16N2O4S/c1-21(19,20)7-6-15-13(17)12-8-10-4-2-3-5-11(10)9-16(12)14(15)18/h2-5,12H,6-9H2,1H3/t12-/m0/s1. The quantitative estimate of drug-likeness (QED) is 0.759. The van der Waals surface area contributed by atoms with Crippen LogP contribution in [0, 0.1) is 0 Å². The summed E-state index contributed by atoms with van der Waals surface area (Å²) < 4.78 is 22.5. The van der Waals surface area contributed by atoms with E-state index in [2.05, 4.69) is 0 Å². The van der Waals surface area contributed by atoms with Crippen LogP contribution in [0.3, 0.4) is 0 Å². The lowest BCUT2D eigenvalue weighted by atomic mass is 9.95. The molecule has 0 radical (unpaired) electrons. The van der Waals surface area contributed by atoms with Crippen LogP contribution in [0.15, 0.2) is 24.3 Å². The van der Waals surface area contributed by atoms with E-state index >= 15 is 0 Å². The Hall–Kier alpha value is -1.89. The molecule has 7 heteroatoms. The highest BCUT2D eigenvalue weighted by atomic mass is 32.2. The van der Waals surface area contributed by atoms with Gasteiger partial charge in [-0.25, -0.2) is 13.2 Å². The molecule has 0 bridgehead atoms. The SMILES string of the molecule is CS(=O)(=O)CCN1C(=O)[C@@H]2Cc3ccccc3CN2C1=O. The molecule has 0 aliphatic carbocycles. The number of rotatable bonds is 3. The van der Waals surface area contributed by atoms with Gasteiger partial charge in [-0.3, -0.25) is 9.69 Å². The van der Waals surface area contributed by atoms with E-state index in [0.29, 0.717) is 13.0 Å². The molecule has 1 saturated heterocycles. The van der Waals surface area contributed by atoms with Crippen molar-refractivity contribution in [3.63, 3.8) is 0 Å². The van der Waals surface area contributed by atoms with E-state index in [4.69, 9.17) is 0 Å². The summed E-state index contributed by atoms with van der Waals surface area (Å²) in [7, 11) is -3.21. The van der Waals surface area contributed by atoms with Crippen molar-refractivity contribution < 1.29 is 18.0 Å². The number of hydrogen-bond donors (Lipinski definition) is 0. The number of urea groups is 1. The van der Waals surface area contributed by atoms with Gasteiger partial charge in [0.15, 0.2) is 0 Å². The lowest BCUT2D eigenvalue weighted by Crippen LogP contribution is -2.40. The van der Waals surface area contributed by atoms with Crippen LogP contribution >= 0.6 is 0 Å². The number of fused-ring (bicyclic) bond motifs is 2. The second kappa shape index (κ2) is 4.84. The molecule has 2 aliphatic rings. The summed E-state index contributed by atoms with van der Waals surface area (Å²) in [5.74, 6) is -0.490. The first-order chi connectivity index (χ1) is 9.87. The van der Waals surface area contributed by atoms with Crippen LogP contribution < -0.4 is 0 Å². The van der Waals surface area contributed by atoms with Crippen LogP contribution in [0.2, 0.25) is 0 Å². The van der Waals surface area contributed by atoms with Crippen LogP contribution in [0.4, 0.5) is 4.79 Å². The molecule has 0 aromatic heterocycles. The molecule has 3 rings (SSSR count). The highest BCUT2D eigenvalue weighted by Gasteiger charge is 2.46. The molecule has 3 amide bonds. The van der Waals surface area contributed by atoms with Crippen molar-refractivity contribution in [1.82, 2.24) is 9.80 Å². The number of amides is 3. The average molecular weight is 308 g/mol. The molecule has 1 aromatic carbocycles. The lowest BCUT2D eigenvalue weighted by molar-refractivity contribution is -0.128. The Morgan fingerprint density at radius 2 is 1.86 bits per heavy atom. The van der Waals surface area contributed by atoms with Crippen LogP contribution in [0.5, 0.6) is 0 Å². The molecule has 21 heavy (non-hydrogen) atoms. The summed E-state index contributed by atoms with van der Waals surface area (Å²) in [5.41, 5.74) is 2.12. The summed E-state index contributed by atoms with van der Waals surface area (Å²) in [6.45, 7) is 0.334. The van der Waals surface area contributed by atoms with Gasteiger partial charge in [0, 0.05) is 25.8 Å². The minimum absolute atomic E-state index is 0.0696. The number of carbonyl (C=O) groups excluding carboxylic acids is 2. The molecule has 1 atom stereocenters. The van der Waals surface area contributed by atoms with Crippen molar-refractivity contribution >= 4 is 21.8 Å². The molecular weight excluding hydrogens is 292 g/mol. The van der Waals surface area contributed by atoms with Crippen LogP contribution in [-0.2, 0) is 27.6 Å². The Kier molecular flexibility index (Phi) is 3.24. The minimum atomic E-state index is -3.21. The third kappa shape index (κ3) is 2.53. The first-order valence-electron chi connectivity index (χ1n) is 6.73. The zero-order valence-corrected chi connectivity index (χ0v) is 12.5. The maximum Gasteiger partial charge on any atom is 0.327 e. The Morgan fingerprint density at radius 3 is 2.52 bits per heavy atom. The molecule has 6 nitrogen and oxygen atoms in total. The Bertz CT molecular complexity index is 670. The van der Waals surface area contributed by atoms with Gasteiger partial charge in [0.25, 0.3) is 5.91 Å². The zero-order chi connectivity index (χ0) is 15.2. The maximum absolute atomic E-state index is 12.3. The maximum atomic E-state index is 12.3. The number of benzene rings is 1. The normalized spacial score (nSPS) is 21.5. The summed E-state index contributed by atoms with van der Waals surface area (Å²) in [4.78, 5) is 27.3. The Balaban J connectivity index is 1.83. The number of nitrogens with zero attached hydrogens (tertiary/aromatic N) is 2. The Labute approximate surface area is 123 Å². The Morgan fingerprint density at radius 1 is 1.19 bits per heavy atom. The summed E-state index contributed by atoms with van der Waals surface area (Å²) >= 11 is 0. The van der Waals surface area contributed by atoms with Crippen molar-refractivity contribution in [2.24, 2.45) is 0 Å². The number of carbonyl (C=O) groups is 2. The van der Waals surface area contributed by atoms with E-state index in [0.717, 1.165) is 22.3 Å². The van der Waals surface area contributed by atoms with E-state index in [1.807, 2.05) is 24.3 Å². The third-order valence-electron chi connectivity index (χ3n) is 3.96. The van der Waals surface area contributed by atoms with Crippen LogP contribution in [0.1, 0.15) is 11.1 Å². The first kappa shape index (κ1) is 14.1. The molecule has 1 aromatic rings. The highest BCUT2D eigenvalue weighted by molar-refractivity contribution is 7.90. The van der Waals surface area contributed by atoms with Crippen molar-refractivity contribution in [3.05, 3.63) is 35.4 Å². The summed E-state index contributed by atoms with van der Waals surface area (Å²) in [6, 6.07) is 6.85. The van der Waals surface area contributed by atoms with Crippen LogP contribution in [-0.4, -0.2) is 54.8 Å². The smallest absolute Gasteiger partial charge is 0.308 e. The molecule has 0 N–H and O–H groups in total. The van der Waals surface area contributed by atoms with E-state index < -0.39 is 15.9 Å². The highest BCUT2D eigenvalue weighted by Crippen LogP contribution is 2.29. The van der Waals surface area contributed by atoms with Gasteiger partial charge in [0.05, 0.1) is 5.75 Å². The van der Waals surface area contributed by atoms with Gasteiger partial charge < -0.3 is 4.90 Å². The van der Waals surface area contributed by atoms with Gasteiger partial charge in [0.1, 0.15) is 15.9 Å². The zero-order valence-electron chi connectivity index (χ0n) is 11.7. The molecule has 0 saturated carbocycles. The van der Waals surface area contributed by atoms with Gasteiger partial charge in [-0.05, 0) is 11.1 Å². The third-order valence-corrected chi connectivity index (χ3v) is 4.89. The van der Waals surface area contributed by atoms with Gasteiger partial charge in [-0.2, -0.15) is 0 Å². The molecular formula is C14H16N2O4S. The lowest BCUT2D eigenvalue weighted by Gasteiger charge is -2.28. The number of hydrogen-bond acceptors (Lipinski definition) is 4. The number of sulfone groups is 1. The second-order valence-electron chi connectivity index (χ2n) is 5.52.